The number of nitrogens with zero attached hydrogens (tertiary/aromatic N) is 1. The maximum Gasteiger partial charge on any atom is 0.339 e. The first-order valence-electron chi connectivity index (χ1n) is 3.64. The third-order valence-electron chi connectivity index (χ3n) is 1.62. The second-order valence-electron chi connectivity index (χ2n) is 2.43. The molecular weight excluding hydrogens is 213 g/mol. The van der Waals surface area contributed by atoms with E-state index in [0.29, 0.717) is 12.0 Å². The Hall–Kier alpha value is -0.800. The molecule has 1 N–H and O–H groups in total. The molecule has 0 aliphatic heterocycles. The molecule has 0 aliphatic carbocycles. The lowest BCUT2D eigenvalue weighted by Gasteiger charge is -2.04. The fourth-order valence-electron chi connectivity index (χ4n) is 1.03. The van der Waals surface area contributed by atoms with Crippen LogP contribution in [0.4, 0.5) is 0 Å². The van der Waals surface area contributed by atoms with Crippen molar-refractivity contribution in [2.75, 3.05) is 0 Å². The molecule has 0 saturated heterocycles. The van der Waals surface area contributed by atoms with E-state index in [9.17, 15) is 4.79 Å². The average Bonchev–Trinajstić information content (AvgIpc) is 2.01. The highest BCUT2D eigenvalue weighted by molar-refractivity contribution is 6.34. The van der Waals surface area contributed by atoms with Crippen LogP contribution in [0.1, 0.15) is 22.8 Å². The zero-order valence-corrected chi connectivity index (χ0v) is 8.35. The number of hydrogen-bond acceptors (Lipinski definition) is 2. The second-order valence-corrected chi connectivity index (χ2v) is 3.17. The molecule has 5 heteroatoms. The summed E-state index contributed by atoms with van der Waals surface area (Å²) in [5, 5.41) is 8.96. The highest BCUT2D eigenvalue weighted by Crippen LogP contribution is 2.22. The Morgan fingerprint density at radius 2 is 2.23 bits per heavy atom. The number of carbonyl (C=O) groups is 1. The smallest absolute Gasteiger partial charge is 0.339 e. The van der Waals surface area contributed by atoms with Crippen molar-refractivity contribution in [1.82, 2.24) is 4.98 Å². The Kier molecular flexibility index (Phi) is 3.12. The molecule has 13 heavy (non-hydrogen) atoms. The van der Waals surface area contributed by atoms with Gasteiger partial charge in [0.15, 0.2) is 0 Å². The van der Waals surface area contributed by atoms with Crippen molar-refractivity contribution in [3.8, 4) is 0 Å². The number of halogens is 2. The summed E-state index contributed by atoms with van der Waals surface area (Å²) in [6.07, 6.45) is 0.559. The number of carboxylic acids is 1. The lowest BCUT2D eigenvalue weighted by atomic mass is 10.1. The zero-order valence-electron chi connectivity index (χ0n) is 6.84. The summed E-state index contributed by atoms with van der Waals surface area (Å²) in [5.41, 5.74) is 0.631. The van der Waals surface area contributed by atoms with Gasteiger partial charge in [-0.1, -0.05) is 30.1 Å². The largest absolute Gasteiger partial charge is 0.478 e. The van der Waals surface area contributed by atoms with Crippen molar-refractivity contribution >= 4 is 29.2 Å². The molecule has 3 nitrogen and oxygen atoms in total. The molecule has 1 rings (SSSR count). The van der Waals surface area contributed by atoms with Crippen LogP contribution in [0.5, 0.6) is 0 Å². The molecule has 1 heterocycles. The lowest BCUT2D eigenvalue weighted by Crippen LogP contribution is -2.04. The van der Waals surface area contributed by atoms with Crippen LogP contribution in [-0.4, -0.2) is 16.1 Å². The van der Waals surface area contributed by atoms with E-state index in [1.807, 2.05) is 6.92 Å². The van der Waals surface area contributed by atoms with E-state index < -0.39 is 5.97 Å². The molecule has 70 valence electrons. The molecule has 0 aliphatic rings. The van der Waals surface area contributed by atoms with Crippen LogP contribution in [-0.2, 0) is 6.42 Å². The fourth-order valence-corrected chi connectivity index (χ4v) is 1.59. The summed E-state index contributed by atoms with van der Waals surface area (Å²) in [6, 6.07) is 1.51. The molecule has 0 radical (unpaired) electrons. The highest BCUT2D eigenvalue weighted by atomic mass is 35.5. The Bertz CT molecular complexity index is 352. The van der Waals surface area contributed by atoms with Crippen molar-refractivity contribution in [2.45, 2.75) is 13.3 Å². The van der Waals surface area contributed by atoms with Crippen molar-refractivity contribution in [1.29, 1.82) is 0 Å². The number of pyridine rings is 1. The Morgan fingerprint density at radius 1 is 1.62 bits per heavy atom. The van der Waals surface area contributed by atoms with Gasteiger partial charge in [-0.15, -0.1) is 0 Å². The van der Waals surface area contributed by atoms with Crippen LogP contribution in [0.15, 0.2) is 6.07 Å². The van der Waals surface area contributed by atoms with Crippen LogP contribution in [0, 0.1) is 0 Å². The monoisotopic (exact) mass is 219 g/mol. The van der Waals surface area contributed by atoms with E-state index >= 15 is 0 Å². The molecule has 0 fully saturated rings. The maximum absolute atomic E-state index is 10.7. The quantitative estimate of drug-likeness (QED) is 0.779. The molecule has 0 unspecified atom stereocenters. The Balaban J connectivity index is 3.38. The van der Waals surface area contributed by atoms with Crippen LogP contribution < -0.4 is 0 Å². The molecule has 0 amide bonds. The normalized spacial score (nSPS) is 10.1. The molecule has 0 aromatic carbocycles. The van der Waals surface area contributed by atoms with E-state index in [1.165, 1.54) is 6.07 Å². The maximum atomic E-state index is 10.7. The van der Waals surface area contributed by atoms with Gasteiger partial charge in [0.05, 0.1) is 0 Å². The zero-order chi connectivity index (χ0) is 10.0. The van der Waals surface area contributed by atoms with Gasteiger partial charge in [0.1, 0.15) is 15.9 Å². The van der Waals surface area contributed by atoms with Crippen molar-refractivity contribution in [3.63, 3.8) is 0 Å². The van der Waals surface area contributed by atoms with Crippen LogP contribution in [0.3, 0.4) is 0 Å². The van der Waals surface area contributed by atoms with Gasteiger partial charge in [-0.3, -0.25) is 0 Å². The van der Waals surface area contributed by atoms with Crippen LogP contribution in [0.2, 0.25) is 10.3 Å². The second kappa shape index (κ2) is 3.94. The summed E-state index contributed by atoms with van der Waals surface area (Å²) in [7, 11) is 0. The van der Waals surface area contributed by atoms with Gasteiger partial charge in [-0.05, 0) is 18.1 Å². The Morgan fingerprint density at radius 3 is 2.69 bits per heavy atom. The number of aromatic nitrogens is 1. The number of aryl methyl sites for hydroxylation is 1. The average molecular weight is 220 g/mol. The van der Waals surface area contributed by atoms with Crippen LogP contribution >= 0.6 is 23.2 Å². The highest BCUT2D eigenvalue weighted by Gasteiger charge is 2.15. The van der Waals surface area contributed by atoms with Gasteiger partial charge in [-0.2, -0.15) is 0 Å². The van der Waals surface area contributed by atoms with E-state index in [0.717, 1.165) is 0 Å². The number of rotatable bonds is 2. The first kappa shape index (κ1) is 10.3. The topological polar surface area (TPSA) is 50.2 Å². The van der Waals surface area contributed by atoms with Gasteiger partial charge < -0.3 is 5.11 Å². The number of hydrogen-bond donors (Lipinski definition) is 1. The number of aromatic carboxylic acids is 1. The van der Waals surface area contributed by atoms with Crippen molar-refractivity contribution in [3.05, 3.63) is 27.5 Å². The third kappa shape index (κ3) is 2.11. The van der Waals surface area contributed by atoms with E-state index in [1.54, 1.807) is 0 Å². The molecule has 0 spiro atoms. The van der Waals surface area contributed by atoms with Gasteiger partial charge in [0.2, 0.25) is 0 Å². The van der Waals surface area contributed by atoms with E-state index in [-0.39, 0.29) is 15.9 Å². The van der Waals surface area contributed by atoms with Gasteiger partial charge in [0, 0.05) is 0 Å². The van der Waals surface area contributed by atoms with E-state index in [4.69, 9.17) is 28.3 Å². The first-order valence-corrected chi connectivity index (χ1v) is 4.40. The summed E-state index contributed by atoms with van der Waals surface area (Å²) in [5.74, 6) is -1.08. The minimum atomic E-state index is -1.08. The van der Waals surface area contributed by atoms with Crippen molar-refractivity contribution < 1.29 is 9.90 Å². The van der Waals surface area contributed by atoms with Gasteiger partial charge in [0.25, 0.3) is 0 Å². The van der Waals surface area contributed by atoms with Crippen molar-refractivity contribution in [2.24, 2.45) is 0 Å². The minimum Gasteiger partial charge on any atom is -0.478 e. The molecular formula is C8H7Cl2NO2. The third-order valence-corrected chi connectivity index (χ3v) is 2.09. The molecule has 1 aromatic heterocycles. The predicted molar refractivity (Wildman–Crippen MR) is 50.6 cm³/mol. The summed E-state index contributed by atoms with van der Waals surface area (Å²) in [4.78, 5) is 14.4. The first-order chi connectivity index (χ1) is 6.06. The van der Waals surface area contributed by atoms with Gasteiger partial charge >= 0.3 is 5.97 Å². The fraction of sp³-hybridized carbons (Fsp3) is 0.250. The molecule has 0 atom stereocenters. The molecule has 0 bridgehead atoms. The van der Waals surface area contributed by atoms with E-state index in [2.05, 4.69) is 4.98 Å². The lowest BCUT2D eigenvalue weighted by molar-refractivity contribution is 0.0695. The predicted octanol–water partition coefficient (Wildman–Crippen LogP) is 2.65. The SMILES string of the molecule is CCc1cc(Cl)nc(Cl)c1C(=O)O. The summed E-state index contributed by atoms with van der Waals surface area (Å²) in [6.45, 7) is 1.83. The number of carboxylic acid groups (broad SMARTS) is 1. The summed E-state index contributed by atoms with van der Waals surface area (Å²) < 4.78 is 0. The molecule has 0 saturated carbocycles. The standard InChI is InChI=1S/C8H7Cl2NO2/c1-2-4-3-5(9)11-7(10)6(4)8(12)13/h3H,2H2,1H3,(H,12,13). The van der Waals surface area contributed by atoms with Gasteiger partial charge in [-0.25, -0.2) is 9.78 Å². The van der Waals surface area contributed by atoms with Crippen LogP contribution in [0.25, 0.3) is 0 Å². The summed E-state index contributed by atoms with van der Waals surface area (Å²) >= 11 is 11.2. The molecule has 1 aromatic rings. The Labute approximate surface area is 85.3 Å². The minimum absolute atomic E-state index is 0.0357.